The van der Waals surface area contributed by atoms with E-state index in [-0.39, 0.29) is 12.2 Å². The number of aldehydes is 1. The van der Waals surface area contributed by atoms with Crippen molar-refractivity contribution < 1.29 is 23.1 Å². The van der Waals surface area contributed by atoms with E-state index in [0.29, 0.717) is 6.29 Å². The number of alkyl halides is 1. The summed E-state index contributed by atoms with van der Waals surface area (Å²) in [6.07, 6.45) is -0.907. The first kappa shape index (κ1) is 17.6. The van der Waals surface area contributed by atoms with Gasteiger partial charge in [-0.1, -0.05) is 48.5 Å². The van der Waals surface area contributed by atoms with E-state index in [1.54, 1.807) is 24.3 Å². The van der Waals surface area contributed by atoms with Crippen molar-refractivity contribution in [3.63, 3.8) is 0 Å². The Labute approximate surface area is 138 Å². The van der Waals surface area contributed by atoms with Crippen LogP contribution in [0, 0.1) is 5.82 Å². The second-order valence-electron chi connectivity index (χ2n) is 5.25. The Hall–Kier alpha value is -2.76. The fourth-order valence-corrected chi connectivity index (χ4v) is 2.33. The van der Waals surface area contributed by atoms with Crippen LogP contribution in [0.15, 0.2) is 54.6 Å². The van der Waals surface area contributed by atoms with Crippen LogP contribution in [0.4, 0.5) is 13.6 Å². The maximum absolute atomic E-state index is 14.0. The molecule has 6 heteroatoms. The first-order valence-corrected chi connectivity index (χ1v) is 7.35. The van der Waals surface area contributed by atoms with Crippen LogP contribution in [-0.2, 0) is 21.7 Å². The van der Waals surface area contributed by atoms with Gasteiger partial charge >= 0.3 is 6.09 Å². The van der Waals surface area contributed by atoms with Crippen LogP contribution in [0.2, 0.25) is 0 Å². The summed E-state index contributed by atoms with van der Waals surface area (Å²) in [6.45, 7) is -1.17. The molecule has 1 amide bonds. The number of halogens is 2. The molecule has 0 spiro atoms. The average Bonchev–Trinajstić information content (AvgIpc) is 2.61. The quantitative estimate of drug-likeness (QED) is 0.789. The van der Waals surface area contributed by atoms with Crippen molar-refractivity contribution >= 4 is 12.4 Å². The lowest BCUT2D eigenvalue weighted by Gasteiger charge is -2.30. The largest absolute Gasteiger partial charge is 0.445 e. The summed E-state index contributed by atoms with van der Waals surface area (Å²) in [6, 6.07) is 14.3. The Morgan fingerprint density at radius 1 is 1.12 bits per heavy atom. The molecule has 0 aliphatic rings. The number of hydrogen-bond acceptors (Lipinski definition) is 3. The summed E-state index contributed by atoms with van der Waals surface area (Å²) in [5, 5.41) is 2.30. The molecule has 2 rings (SSSR count). The number of rotatable bonds is 7. The molecule has 126 valence electrons. The summed E-state index contributed by atoms with van der Waals surface area (Å²) >= 11 is 0. The Balaban J connectivity index is 2.15. The van der Waals surface area contributed by atoms with Crippen LogP contribution in [0.5, 0.6) is 0 Å². The van der Waals surface area contributed by atoms with E-state index in [1.807, 2.05) is 6.07 Å². The minimum absolute atomic E-state index is 0.0204. The Kier molecular flexibility index (Phi) is 6.01. The first-order chi connectivity index (χ1) is 11.6. The summed E-state index contributed by atoms with van der Waals surface area (Å²) in [5.74, 6) is -0.708. The van der Waals surface area contributed by atoms with Gasteiger partial charge in [-0.25, -0.2) is 13.6 Å². The van der Waals surface area contributed by atoms with Crippen LogP contribution in [0.25, 0.3) is 0 Å². The van der Waals surface area contributed by atoms with Gasteiger partial charge in [0.15, 0.2) is 0 Å². The number of ether oxygens (including phenoxy) is 1. The predicted octanol–water partition coefficient (Wildman–Crippen LogP) is 3.51. The van der Waals surface area contributed by atoms with Gasteiger partial charge in [-0.2, -0.15) is 0 Å². The van der Waals surface area contributed by atoms with Gasteiger partial charge in [0.2, 0.25) is 0 Å². The second kappa shape index (κ2) is 8.19. The molecule has 0 bridgehead atoms. The molecule has 0 heterocycles. The highest BCUT2D eigenvalue weighted by Crippen LogP contribution is 2.28. The van der Waals surface area contributed by atoms with Gasteiger partial charge in [-0.05, 0) is 11.6 Å². The second-order valence-corrected chi connectivity index (χ2v) is 5.25. The number of amides is 1. The van der Waals surface area contributed by atoms with Crippen molar-refractivity contribution in [2.24, 2.45) is 0 Å². The summed E-state index contributed by atoms with van der Waals surface area (Å²) in [4.78, 5) is 23.0. The van der Waals surface area contributed by atoms with Gasteiger partial charge in [0.05, 0.1) is 0 Å². The Bertz CT molecular complexity index is 694. The van der Waals surface area contributed by atoms with E-state index in [0.717, 1.165) is 11.6 Å². The van der Waals surface area contributed by atoms with Crippen molar-refractivity contribution in [1.82, 2.24) is 5.32 Å². The zero-order valence-electron chi connectivity index (χ0n) is 12.9. The summed E-state index contributed by atoms with van der Waals surface area (Å²) in [5.41, 5.74) is -1.14. The lowest BCUT2D eigenvalue weighted by Crippen LogP contribution is -2.48. The molecule has 0 unspecified atom stereocenters. The van der Waals surface area contributed by atoms with Gasteiger partial charge in [0.1, 0.15) is 30.9 Å². The normalized spacial score (nSPS) is 12.9. The van der Waals surface area contributed by atoms with Gasteiger partial charge in [-0.3, -0.25) is 0 Å². The molecular formula is C18H17F2NO3. The molecule has 0 saturated carbocycles. The van der Waals surface area contributed by atoms with Crippen molar-refractivity contribution in [2.75, 3.05) is 6.67 Å². The van der Waals surface area contributed by atoms with Crippen LogP contribution in [0.1, 0.15) is 17.5 Å². The fourth-order valence-electron chi connectivity index (χ4n) is 2.33. The molecule has 0 radical (unpaired) electrons. The standard InChI is InChI=1S/C18H17F2NO3/c19-13-18(10-11-22,15-8-4-5-9-16(15)20)21-17(23)24-12-14-6-2-1-3-7-14/h1-9,11H,10,12-13H2,(H,21,23)/t18-/m1/s1. The maximum Gasteiger partial charge on any atom is 0.408 e. The minimum Gasteiger partial charge on any atom is -0.445 e. The molecule has 24 heavy (non-hydrogen) atoms. The van der Waals surface area contributed by atoms with Crippen LogP contribution in [0.3, 0.4) is 0 Å². The van der Waals surface area contributed by atoms with E-state index in [1.165, 1.54) is 18.2 Å². The number of carbonyl (C=O) groups is 2. The van der Waals surface area contributed by atoms with Crippen molar-refractivity contribution in [3.8, 4) is 0 Å². The first-order valence-electron chi connectivity index (χ1n) is 7.35. The zero-order valence-corrected chi connectivity index (χ0v) is 12.9. The van der Waals surface area contributed by atoms with Gasteiger partial charge < -0.3 is 14.8 Å². The predicted molar refractivity (Wildman–Crippen MR) is 84.5 cm³/mol. The lowest BCUT2D eigenvalue weighted by molar-refractivity contribution is -0.109. The zero-order chi connectivity index (χ0) is 17.4. The fraction of sp³-hybridized carbons (Fsp3) is 0.222. The van der Waals surface area contributed by atoms with E-state index >= 15 is 0 Å². The molecule has 1 atom stereocenters. The van der Waals surface area contributed by atoms with Gasteiger partial charge in [-0.15, -0.1) is 0 Å². The summed E-state index contributed by atoms with van der Waals surface area (Å²) in [7, 11) is 0. The van der Waals surface area contributed by atoms with Crippen molar-refractivity contribution in [2.45, 2.75) is 18.6 Å². The van der Waals surface area contributed by atoms with E-state index < -0.39 is 30.5 Å². The van der Waals surface area contributed by atoms with Crippen molar-refractivity contribution in [3.05, 3.63) is 71.5 Å². The lowest BCUT2D eigenvalue weighted by atomic mass is 9.88. The van der Waals surface area contributed by atoms with Gasteiger partial charge in [0, 0.05) is 12.0 Å². The van der Waals surface area contributed by atoms with Crippen LogP contribution >= 0.6 is 0 Å². The molecule has 2 aromatic rings. The van der Waals surface area contributed by atoms with Crippen molar-refractivity contribution in [1.29, 1.82) is 0 Å². The van der Waals surface area contributed by atoms with E-state index in [9.17, 15) is 18.4 Å². The molecule has 1 N–H and O–H groups in total. The smallest absolute Gasteiger partial charge is 0.408 e. The van der Waals surface area contributed by atoms with Crippen LogP contribution in [-0.4, -0.2) is 19.1 Å². The maximum atomic E-state index is 14.0. The third-order valence-corrected chi connectivity index (χ3v) is 3.60. The highest BCUT2D eigenvalue weighted by atomic mass is 19.1. The molecule has 0 aliphatic heterocycles. The van der Waals surface area contributed by atoms with E-state index in [4.69, 9.17) is 4.74 Å². The van der Waals surface area contributed by atoms with Gasteiger partial charge in [0.25, 0.3) is 0 Å². The third-order valence-electron chi connectivity index (χ3n) is 3.60. The van der Waals surface area contributed by atoms with Crippen LogP contribution < -0.4 is 5.32 Å². The molecule has 4 nitrogen and oxygen atoms in total. The average molecular weight is 333 g/mol. The SMILES string of the molecule is O=CC[C@](CF)(NC(=O)OCc1ccccc1)c1ccccc1F. The number of alkyl carbamates (subject to hydrolysis) is 1. The molecular weight excluding hydrogens is 316 g/mol. The number of carbonyl (C=O) groups excluding carboxylic acids is 2. The number of benzene rings is 2. The molecule has 0 aromatic heterocycles. The highest BCUT2D eigenvalue weighted by molar-refractivity contribution is 5.70. The number of hydrogen-bond donors (Lipinski definition) is 1. The third kappa shape index (κ3) is 4.16. The molecule has 0 saturated heterocycles. The summed E-state index contributed by atoms with van der Waals surface area (Å²) < 4.78 is 32.8. The molecule has 0 aliphatic carbocycles. The molecule has 0 fully saturated rings. The monoisotopic (exact) mass is 333 g/mol. The molecule has 2 aromatic carbocycles. The highest BCUT2D eigenvalue weighted by Gasteiger charge is 2.37. The Morgan fingerprint density at radius 2 is 1.79 bits per heavy atom. The topological polar surface area (TPSA) is 55.4 Å². The minimum atomic E-state index is -1.79. The van der Waals surface area contributed by atoms with E-state index in [2.05, 4.69) is 5.32 Å². The Morgan fingerprint density at radius 3 is 2.42 bits per heavy atom. The number of nitrogens with one attached hydrogen (secondary N) is 1.